The summed E-state index contributed by atoms with van der Waals surface area (Å²) < 4.78 is 12.0. The van der Waals surface area contributed by atoms with Crippen molar-refractivity contribution in [2.24, 2.45) is 0 Å². The first kappa shape index (κ1) is 20.2. The second kappa shape index (κ2) is 9.59. The predicted molar refractivity (Wildman–Crippen MR) is 120 cm³/mol. The number of ether oxygens (including phenoxy) is 2. The Labute approximate surface area is 181 Å². The van der Waals surface area contributed by atoms with Gasteiger partial charge in [0.25, 0.3) is 0 Å². The maximum absolute atomic E-state index is 11.2. The molecule has 0 aliphatic heterocycles. The van der Waals surface area contributed by atoms with Gasteiger partial charge >= 0.3 is 0 Å². The lowest BCUT2D eigenvalue weighted by Crippen LogP contribution is -2.18. The Morgan fingerprint density at radius 3 is 2.29 bits per heavy atom. The smallest absolute Gasteiger partial charge is 0.217 e. The van der Waals surface area contributed by atoms with E-state index in [1.807, 2.05) is 84.9 Å². The van der Waals surface area contributed by atoms with Crippen molar-refractivity contribution in [2.45, 2.75) is 13.5 Å². The molecule has 3 aromatic carbocycles. The van der Waals surface area contributed by atoms with E-state index in [1.54, 1.807) is 12.4 Å². The molecule has 31 heavy (non-hydrogen) atoms. The molecular weight excluding hydrogens is 388 g/mol. The molecule has 1 aromatic heterocycles. The van der Waals surface area contributed by atoms with Crippen LogP contribution in [0.15, 0.2) is 97.3 Å². The first-order chi connectivity index (χ1) is 15.2. The summed E-state index contributed by atoms with van der Waals surface area (Å²) in [6, 6.07) is 26.9. The van der Waals surface area contributed by atoms with Gasteiger partial charge in [-0.2, -0.15) is 0 Å². The van der Waals surface area contributed by atoms with Crippen LogP contribution in [-0.2, 0) is 11.3 Å². The van der Waals surface area contributed by atoms with Gasteiger partial charge in [0.2, 0.25) is 5.91 Å². The van der Waals surface area contributed by atoms with Crippen LogP contribution in [0.1, 0.15) is 12.5 Å². The maximum atomic E-state index is 11.2. The van der Waals surface area contributed by atoms with E-state index in [0.717, 1.165) is 28.2 Å². The standard InChI is InChI=1S/C26H22N2O3/c1-19(29)28-17-20-6-5-7-21(16-20)25-18-27-15-14-26(25)31-24-12-10-23(11-13-24)30-22-8-3-2-4-9-22/h2-16,18H,17H2,1H3,(H,28,29). The normalized spacial score (nSPS) is 10.4. The Kier molecular flexibility index (Phi) is 6.24. The Hall–Kier alpha value is -4.12. The number of carbonyl (C=O) groups is 1. The molecule has 0 bridgehead atoms. The average molecular weight is 410 g/mol. The summed E-state index contributed by atoms with van der Waals surface area (Å²) in [5, 5.41) is 2.82. The largest absolute Gasteiger partial charge is 0.457 e. The molecule has 0 aliphatic carbocycles. The summed E-state index contributed by atoms with van der Waals surface area (Å²) in [4.78, 5) is 15.5. The van der Waals surface area contributed by atoms with Crippen LogP contribution >= 0.6 is 0 Å². The monoisotopic (exact) mass is 410 g/mol. The number of aromatic nitrogens is 1. The van der Waals surface area contributed by atoms with Crippen LogP contribution in [0.4, 0.5) is 0 Å². The van der Waals surface area contributed by atoms with Crippen LogP contribution in [0.5, 0.6) is 23.0 Å². The molecule has 1 N–H and O–H groups in total. The molecule has 0 saturated carbocycles. The lowest BCUT2D eigenvalue weighted by atomic mass is 10.0. The zero-order chi connectivity index (χ0) is 21.5. The number of carbonyl (C=O) groups excluding carboxylic acids is 1. The third kappa shape index (κ3) is 5.48. The number of hydrogen-bond acceptors (Lipinski definition) is 4. The average Bonchev–Trinajstić information content (AvgIpc) is 2.80. The Morgan fingerprint density at radius 2 is 1.55 bits per heavy atom. The first-order valence-corrected chi connectivity index (χ1v) is 9.96. The zero-order valence-corrected chi connectivity index (χ0v) is 17.1. The molecule has 0 atom stereocenters. The van der Waals surface area contributed by atoms with E-state index in [1.165, 1.54) is 6.92 Å². The van der Waals surface area contributed by atoms with Gasteiger partial charge in [-0.15, -0.1) is 0 Å². The van der Waals surface area contributed by atoms with Crippen LogP contribution in [0.3, 0.4) is 0 Å². The summed E-state index contributed by atoms with van der Waals surface area (Å²) >= 11 is 0. The highest BCUT2D eigenvalue weighted by molar-refractivity contribution is 5.73. The number of hydrogen-bond donors (Lipinski definition) is 1. The molecule has 4 rings (SSSR count). The zero-order valence-electron chi connectivity index (χ0n) is 17.1. The quantitative estimate of drug-likeness (QED) is 0.408. The van der Waals surface area contributed by atoms with Gasteiger partial charge in [-0.05, 0) is 59.7 Å². The fourth-order valence-corrected chi connectivity index (χ4v) is 3.09. The Morgan fingerprint density at radius 1 is 0.839 bits per heavy atom. The molecule has 1 heterocycles. The highest BCUT2D eigenvalue weighted by Crippen LogP contribution is 2.34. The van der Waals surface area contributed by atoms with E-state index in [-0.39, 0.29) is 5.91 Å². The summed E-state index contributed by atoms with van der Waals surface area (Å²) in [6.07, 6.45) is 3.48. The van der Waals surface area contributed by atoms with E-state index in [4.69, 9.17) is 9.47 Å². The third-order valence-electron chi connectivity index (χ3n) is 4.59. The molecule has 0 spiro atoms. The van der Waals surface area contributed by atoms with Gasteiger partial charge < -0.3 is 14.8 Å². The number of nitrogens with one attached hydrogen (secondary N) is 1. The highest BCUT2D eigenvalue weighted by atomic mass is 16.5. The van der Waals surface area contributed by atoms with Crippen molar-refractivity contribution in [1.82, 2.24) is 10.3 Å². The van der Waals surface area contributed by atoms with Crippen LogP contribution in [0.25, 0.3) is 11.1 Å². The topological polar surface area (TPSA) is 60.5 Å². The number of rotatable bonds is 7. The van der Waals surface area contributed by atoms with Crippen molar-refractivity contribution < 1.29 is 14.3 Å². The molecule has 5 heteroatoms. The minimum Gasteiger partial charge on any atom is -0.457 e. The number of nitrogens with zero attached hydrogens (tertiary/aromatic N) is 1. The van der Waals surface area contributed by atoms with Crippen molar-refractivity contribution in [3.05, 3.63) is 103 Å². The predicted octanol–water partition coefficient (Wildman–Crippen LogP) is 5.97. The van der Waals surface area contributed by atoms with Gasteiger partial charge in [0.15, 0.2) is 0 Å². The molecule has 0 radical (unpaired) electrons. The summed E-state index contributed by atoms with van der Waals surface area (Å²) in [7, 11) is 0. The molecule has 0 aliphatic rings. The molecule has 0 fully saturated rings. The fraction of sp³-hybridized carbons (Fsp3) is 0.0769. The summed E-state index contributed by atoms with van der Waals surface area (Å²) in [5.41, 5.74) is 2.84. The second-order valence-electron chi connectivity index (χ2n) is 6.97. The van der Waals surface area contributed by atoms with E-state index < -0.39 is 0 Å². The lowest BCUT2D eigenvalue weighted by molar-refractivity contribution is -0.119. The number of pyridine rings is 1. The second-order valence-corrected chi connectivity index (χ2v) is 6.97. The minimum absolute atomic E-state index is 0.0597. The number of amides is 1. The van der Waals surface area contributed by atoms with Crippen LogP contribution in [0, 0.1) is 0 Å². The molecule has 5 nitrogen and oxygen atoms in total. The van der Waals surface area contributed by atoms with Gasteiger partial charge in [0.05, 0.1) is 0 Å². The van der Waals surface area contributed by atoms with Crippen molar-refractivity contribution >= 4 is 5.91 Å². The van der Waals surface area contributed by atoms with Gasteiger partial charge in [0.1, 0.15) is 23.0 Å². The molecule has 1 amide bonds. The van der Waals surface area contributed by atoms with Crippen molar-refractivity contribution in [2.75, 3.05) is 0 Å². The number of para-hydroxylation sites is 1. The molecule has 0 saturated heterocycles. The lowest BCUT2D eigenvalue weighted by Gasteiger charge is -2.13. The Balaban J connectivity index is 1.51. The molecular formula is C26H22N2O3. The van der Waals surface area contributed by atoms with Gasteiger partial charge in [-0.3, -0.25) is 9.78 Å². The summed E-state index contributed by atoms with van der Waals surface area (Å²) in [6.45, 7) is 1.98. The van der Waals surface area contributed by atoms with Crippen LogP contribution in [0.2, 0.25) is 0 Å². The maximum Gasteiger partial charge on any atom is 0.217 e. The van der Waals surface area contributed by atoms with Crippen molar-refractivity contribution in [3.63, 3.8) is 0 Å². The third-order valence-corrected chi connectivity index (χ3v) is 4.59. The fourth-order valence-electron chi connectivity index (χ4n) is 3.09. The van der Waals surface area contributed by atoms with E-state index in [2.05, 4.69) is 10.3 Å². The van der Waals surface area contributed by atoms with Gasteiger partial charge in [-0.25, -0.2) is 0 Å². The molecule has 4 aromatic rings. The van der Waals surface area contributed by atoms with E-state index in [9.17, 15) is 4.79 Å². The van der Waals surface area contributed by atoms with E-state index in [0.29, 0.717) is 18.0 Å². The highest BCUT2D eigenvalue weighted by Gasteiger charge is 2.09. The van der Waals surface area contributed by atoms with Crippen LogP contribution in [-0.4, -0.2) is 10.9 Å². The summed E-state index contributed by atoms with van der Waals surface area (Å²) in [5.74, 6) is 2.85. The van der Waals surface area contributed by atoms with E-state index >= 15 is 0 Å². The number of benzene rings is 3. The van der Waals surface area contributed by atoms with Crippen molar-refractivity contribution in [3.8, 4) is 34.1 Å². The molecule has 154 valence electrons. The van der Waals surface area contributed by atoms with Crippen molar-refractivity contribution in [1.29, 1.82) is 0 Å². The SMILES string of the molecule is CC(=O)NCc1cccc(-c2cnccc2Oc2ccc(Oc3ccccc3)cc2)c1. The van der Waals surface area contributed by atoms with Crippen LogP contribution < -0.4 is 14.8 Å². The first-order valence-electron chi connectivity index (χ1n) is 9.96. The molecule has 0 unspecified atom stereocenters. The Bertz CT molecular complexity index is 1160. The minimum atomic E-state index is -0.0597. The van der Waals surface area contributed by atoms with Gasteiger partial charge in [-0.1, -0.05) is 36.4 Å². The van der Waals surface area contributed by atoms with Gasteiger partial charge in [0, 0.05) is 31.4 Å².